The lowest BCUT2D eigenvalue weighted by atomic mass is 10.2. The summed E-state index contributed by atoms with van der Waals surface area (Å²) in [5, 5.41) is 7.70. The highest BCUT2D eigenvalue weighted by molar-refractivity contribution is 5.74. The molecule has 3 N–H and O–H groups in total. The SMILES string of the molecule is Cc1cc2c(Nc3ccccc3CN)nccn2n1. The molecule has 1 aromatic carbocycles. The van der Waals surface area contributed by atoms with Crippen LogP contribution in [0.3, 0.4) is 0 Å². The molecule has 0 bridgehead atoms. The number of aromatic nitrogens is 3. The molecule has 96 valence electrons. The number of hydrogen-bond acceptors (Lipinski definition) is 4. The maximum atomic E-state index is 5.74. The lowest BCUT2D eigenvalue weighted by Crippen LogP contribution is -2.03. The minimum Gasteiger partial charge on any atom is -0.338 e. The summed E-state index contributed by atoms with van der Waals surface area (Å²) in [7, 11) is 0. The molecule has 2 aromatic heterocycles. The molecule has 19 heavy (non-hydrogen) atoms. The van der Waals surface area contributed by atoms with Crippen LogP contribution < -0.4 is 11.1 Å². The summed E-state index contributed by atoms with van der Waals surface area (Å²) in [4.78, 5) is 4.38. The van der Waals surface area contributed by atoms with Gasteiger partial charge in [0.25, 0.3) is 0 Å². The van der Waals surface area contributed by atoms with Gasteiger partial charge in [-0.15, -0.1) is 0 Å². The second-order valence-corrected chi connectivity index (χ2v) is 4.38. The molecule has 0 radical (unpaired) electrons. The van der Waals surface area contributed by atoms with Crippen molar-refractivity contribution < 1.29 is 0 Å². The van der Waals surface area contributed by atoms with Crippen LogP contribution >= 0.6 is 0 Å². The highest BCUT2D eigenvalue weighted by atomic mass is 15.2. The van der Waals surface area contributed by atoms with Crippen molar-refractivity contribution in [2.45, 2.75) is 13.5 Å². The van der Waals surface area contributed by atoms with Crippen LogP contribution in [0, 0.1) is 6.92 Å². The number of nitrogens with zero attached hydrogens (tertiary/aromatic N) is 3. The Hall–Kier alpha value is -2.40. The summed E-state index contributed by atoms with van der Waals surface area (Å²) < 4.78 is 1.82. The number of hydrogen-bond donors (Lipinski definition) is 2. The van der Waals surface area contributed by atoms with Gasteiger partial charge in [0.1, 0.15) is 5.52 Å². The monoisotopic (exact) mass is 253 g/mol. The van der Waals surface area contributed by atoms with Crippen molar-refractivity contribution in [1.82, 2.24) is 14.6 Å². The van der Waals surface area contributed by atoms with Gasteiger partial charge in [0.15, 0.2) is 5.82 Å². The first kappa shape index (κ1) is 11.7. The zero-order chi connectivity index (χ0) is 13.2. The van der Waals surface area contributed by atoms with Crippen LogP contribution in [-0.2, 0) is 6.54 Å². The molecule has 5 nitrogen and oxygen atoms in total. The predicted molar refractivity (Wildman–Crippen MR) is 75.3 cm³/mol. The van der Waals surface area contributed by atoms with Gasteiger partial charge in [-0.25, -0.2) is 9.50 Å². The normalized spacial score (nSPS) is 10.8. The van der Waals surface area contributed by atoms with E-state index in [1.165, 1.54) is 0 Å². The Kier molecular flexibility index (Phi) is 2.89. The van der Waals surface area contributed by atoms with E-state index in [0.717, 1.165) is 28.3 Å². The summed E-state index contributed by atoms with van der Waals surface area (Å²) in [5.74, 6) is 0.781. The third-order valence-electron chi connectivity index (χ3n) is 3.00. The Balaban J connectivity index is 2.05. The van der Waals surface area contributed by atoms with Gasteiger partial charge in [0, 0.05) is 24.6 Å². The van der Waals surface area contributed by atoms with Crippen LogP contribution in [0.25, 0.3) is 5.52 Å². The molecule has 2 heterocycles. The molecule has 0 saturated heterocycles. The van der Waals surface area contributed by atoms with Gasteiger partial charge in [-0.3, -0.25) is 0 Å². The zero-order valence-electron chi connectivity index (χ0n) is 10.7. The largest absolute Gasteiger partial charge is 0.338 e. The fraction of sp³-hybridized carbons (Fsp3) is 0.143. The van der Waals surface area contributed by atoms with E-state index in [-0.39, 0.29) is 0 Å². The highest BCUT2D eigenvalue weighted by Gasteiger charge is 2.07. The molecule has 0 aliphatic carbocycles. The van der Waals surface area contributed by atoms with Gasteiger partial charge in [0.2, 0.25) is 0 Å². The maximum absolute atomic E-state index is 5.74. The van der Waals surface area contributed by atoms with Crippen LogP contribution in [0.15, 0.2) is 42.7 Å². The minimum absolute atomic E-state index is 0.491. The summed E-state index contributed by atoms with van der Waals surface area (Å²) in [6.45, 7) is 2.45. The average molecular weight is 253 g/mol. The molecule has 0 aliphatic rings. The number of benzene rings is 1. The molecular formula is C14H15N5. The first-order chi connectivity index (χ1) is 9.28. The van der Waals surface area contributed by atoms with Gasteiger partial charge in [-0.05, 0) is 24.6 Å². The van der Waals surface area contributed by atoms with Crippen molar-refractivity contribution >= 4 is 17.0 Å². The molecule has 0 saturated carbocycles. The topological polar surface area (TPSA) is 68.2 Å². The number of para-hydroxylation sites is 1. The molecule has 5 heteroatoms. The highest BCUT2D eigenvalue weighted by Crippen LogP contribution is 2.22. The van der Waals surface area contributed by atoms with Gasteiger partial charge in [-0.2, -0.15) is 5.10 Å². The number of nitrogens with two attached hydrogens (primary N) is 1. The van der Waals surface area contributed by atoms with Gasteiger partial charge in [-0.1, -0.05) is 18.2 Å². The van der Waals surface area contributed by atoms with Crippen molar-refractivity contribution in [2.24, 2.45) is 5.73 Å². The minimum atomic E-state index is 0.491. The molecule has 0 amide bonds. The third-order valence-corrected chi connectivity index (χ3v) is 3.00. The van der Waals surface area contributed by atoms with Crippen LogP contribution in [0.2, 0.25) is 0 Å². The standard InChI is InChI=1S/C14H15N5/c1-10-8-13-14(16-6-7-19(13)18-10)17-12-5-3-2-4-11(12)9-15/h2-8H,9,15H2,1H3,(H,16,17). The van der Waals surface area contributed by atoms with Gasteiger partial charge < -0.3 is 11.1 Å². The smallest absolute Gasteiger partial charge is 0.156 e. The van der Waals surface area contributed by atoms with Crippen molar-refractivity contribution in [2.75, 3.05) is 5.32 Å². The molecule has 3 rings (SSSR count). The summed E-state index contributed by atoms with van der Waals surface area (Å²) in [5.41, 5.74) is 9.69. The van der Waals surface area contributed by atoms with E-state index in [9.17, 15) is 0 Å². The first-order valence-electron chi connectivity index (χ1n) is 6.14. The van der Waals surface area contributed by atoms with Crippen LogP contribution in [0.1, 0.15) is 11.3 Å². The molecule has 0 atom stereocenters. The molecule has 0 unspecified atom stereocenters. The van der Waals surface area contributed by atoms with Gasteiger partial charge >= 0.3 is 0 Å². The van der Waals surface area contributed by atoms with Crippen LogP contribution in [0.5, 0.6) is 0 Å². The van der Waals surface area contributed by atoms with Crippen LogP contribution in [0.4, 0.5) is 11.5 Å². The number of rotatable bonds is 3. The van der Waals surface area contributed by atoms with Crippen molar-refractivity contribution in [1.29, 1.82) is 0 Å². The Morgan fingerprint density at radius 3 is 3.00 bits per heavy atom. The van der Waals surface area contributed by atoms with Gasteiger partial charge in [0.05, 0.1) is 5.69 Å². The Morgan fingerprint density at radius 1 is 1.32 bits per heavy atom. The first-order valence-corrected chi connectivity index (χ1v) is 6.14. The lowest BCUT2D eigenvalue weighted by molar-refractivity contribution is 0.923. The van der Waals surface area contributed by atoms with E-state index in [1.807, 2.05) is 48.0 Å². The number of fused-ring (bicyclic) bond motifs is 1. The number of anilines is 2. The lowest BCUT2D eigenvalue weighted by Gasteiger charge is -2.10. The Morgan fingerprint density at radius 2 is 2.16 bits per heavy atom. The van der Waals surface area contributed by atoms with E-state index in [0.29, 0.717) is 6.54 Å². The van der Waals surface area contributed by atoms with E-state index >= 15 is 0 Å². The van der Waals surface area contributed by atoms with E-state index in [2.05, 4.69) is 15.4 Å². The van der Waals surface area contributed by atoms with Crippen molar-refractivity contribution in [3.63, 3.8) is 0 Å². The van der Waals surface area contributed by atoms with E-state index < -0.39 is 0 Å². The van der Waals surface area contributed by atoms with E-state index in [4.69, 9.17) is 5.73 Å². The number of nitrogens with one attached hydrogen (secondary N) is 1. The maximum Gasteiger partial charge on any atom is 0.156 e. The van der Waals surface area contributed by atoms with Crippen molar-refractivity contribution in [3.8, 4) is 0 Å². The second kappa shape index (κ2) is 4.70. The zero-order valence-corrected chi connectivity index (χ0v) is 10.7. The van der Waals surface area contributed by atoms with Crippen LogP contribution in [-0.4, -0.2) is 14.6 Å². The quantitative estimate of drug-likeness (QED) is 0.751. The average Bonchev–Trinajstić information content (AvgIpc) is 2.81. The molecule has 0 spiro atoms. The third kappa shape index (κ3) is 2.15. The molecular weight excluding hydrogens is 238 g/mol. The Bertz CT molecular complexity index is 717. The van der Waals surface area contributed by atoms with Crippen molar-refractivity contribution in [3.05, 3.63) is 54.0 Å². The summed E-state index contributed by atoms with van der Waals surface area (Å²) in [6.07, 6.45) is 3.56. The fourth-order valence-electron chi connectivity index (χ4n) is 2.09. The Labute approximate surface area is 111 Å². The summed E-state index contributed by atoms with van der Waals surface area (Å²) >= 11 is 0. The predicted octanol–water partition coefficient (Wildman–Crippen LogP) is 2.24. The fourth-order valence-corrected chi connectivity index (χ4v) is 2.09. The molecule has 0 aliphatic heterocycles. The number of aryl methyl sites for hydroxylation is 1. The van der Waals surface area contributed by atoms with E-state index in [1.54, 1.807) is 6.20 Å². The molecule has 3 aromatic rings. The molecule has 0 fully saturated rings. The second-order valence-electron chi connectivity index (χ2n) is 4.38. The summed E-state index contributed by atoms with van der Waals surface area (Å²) in [6, 6.07) is 9.95.